The topological polar surface area (TPSA) is 44.3 Å². The highest BCUT2D eigenvalue weighted by molar-refractivity contribution is 5.58. The molecular weight excluding hydrogens is 238 g/mol. The number of nitrogens with zero attached hydrogens (tertiary/aromatic N) is 4. The van der Waals surface area contributed by atoms with Crippen LogP contribution in [0, 0.1) is 0 Å². The molecule has 0 aliphatic carbocycles. The summed E-state index contributed by atoms with van der Waals surface area (Å²) >= 11 is 0. The summed E-state index contributed by atoms with van der Waals surface area (Å²) in [5.41, 5.74) is 1.20. The second-order valence-corrected chi connectivity index (χ2v) is 5.29. The van der Waals surface area contributed by atoms with Crippen molar-refractivity contribution >= 4 is 11.6 Å². The van der Waals surface area contributed by atoms with Crippen molar-refractivity contribution in [3.8, 4) is 0 Å². The van der Waals surface area contributed by atoms with E-state index in [2.05, 4.69) is 46.1 Å². The molecule has 1 N–H and O–H groups in total. The standard InChI is InChI=1S/C14H25N5/c1-5-12-13(15-2)16-10-17-14(12)19(4)9-11-7-6-8-18(11)3/h10-11H,5-9H2,1-4H3,(H,15,16,17). The van der Waals surface area contributed by atoms with Gasteiger partial charge in [-0.05, 0) is 32.9 Å². The molecule has 0 radical (unpaired) electrons. The first-order chi connectivity index (χ1) is 9.17. The molecule has 0 spiro atoms. The molecule has 1 fully saturated rings. The first-order valence-corrected chi connectivity index (χ1v) is 7.10. The Labute approximate surface area is 116 Å². The van der Waals surface area contributed by atoms with Gasteiger partial charge in [-0.2, -0.15) is 0 Å². The minimum atomic E-state index is 0.641. The van der Waals surface area contributed by atoms with Crippen LogP contribution in [0.2, 0.25) is 0 Å². The Morgan fingerprint density at radius 1 is 1.47 bits per heavy atom. The summed E-state index contributed by atoms with van der Waals surface area (Å²) in [5.74, 6) is 2.00. The molecule has 5 nitrogen and oxygen atoms in total. The maximum Gasteiger partial charge on any atom is 0.137 e. The molecule has 1 aromatic rings. The molecule has 0 amide bonds. The van der Waals surface area contributed by atoms with Crippen LogP contribution in [0.25, 0.3) is 0 Å². The van der Waals surface area contributed by atoms with E-state index in [9.17, 15) is 0 Å². The van der Waals surface area contributed by atoms with Crippen LogP contribution in [0.1, 0.15) is 25.3 Å². The summed E-state index contributed by atoms with van der Waals surface area (Å²) in [5, 5.41) is 3.16. The van der Waals surface area contributed by atoms with Crippen LogP contribution in [0.5, 0.6) is 0 Å². The van der Waals surface area contributed by atoms with Gasteiger partial charge in [0, 0.05) is 32.2 Å². The minimum Gasteiger partial charge on any atom is -0.373 e. The molecule has 0 saturated carbocycles. The molecule has 106 valence electrons. The molecule has 19 heavy (non-hydrogen) atoms. The zero-order valence-corrected chi connectivity index (χ0v) is 12.5. The summed E-state index contributed by atoms with van der Waals surface area (Å²) < 4.78 is 0. The van der Waals surface area contributed by atoms with Crippen LogP contribution < -0.4 is 10.2 Å². The number of rotatable bonds is 5. The van der Waals surface area contributed by atoms with Crippen molar-refractivity contribution in [2.45, 2.75) is 32.2 Å². The third-order valence-electron chi connectivity index (χ3n) is 4.03. The van der Waals surface area contributed by atoms with Gasteiger partial charge in [-0.1, -0.05) is 6.92 Å². The van der Waals surface area contributed by atoms with Crippen molar-refractivity contribution in [3.05, 3.63) is 11.9 Å². The van der Waals surface area contributed by atoms with Gasteiger partial charge in [0.2, 0.25) is 0 Å². The molecule has 0 bridgehead atoms. The highest BCUT2D eigenvalue weighted by Crippen LogP contribution is 2.24. The van der Waals surface area contributed by atoms with E-state index in [1.54, 1.807) is 6.33 Å². The maximum absolute atomic E-state index is 4.48. The minimum absolute atomic E-state index is 0.641. The highest BCUT2D eigenvalue weighted by Gasteiger charge is 2.23. The van der Waals surface area contributed by atoms with Crippen molar-refractivity contribution in [1.29, 1.82) is 0 Å². The van der Waals surface area contributed by atoms with Gasteiger partial charge in [-0.15, -0.1) is 0 Å². The lowest BCUT2D eigenvalue weighted by Gasteiger charge is -2.28. The third-order valence-corrected chi connectivity index (χ3v) is 4.03. The van der Waals surface area contributed by atoms with E-state index in [-0.39, 0.29) is 0 Å². The van der Waals surface area contributed by atoms with Crippen LogP contribution in [-0.2, 0) is 6.42 Å². The van der Waals surface area contributed by atoms with Gasteiger partial charge in [0.1, 0.15) is 18.0 Å². The van der Waals surface area contributed by atoms with Crippen molar-refractivity contribution in [2.24, 2.45) is 0 Å². The Kier molecular flexibility index (Phi) is 4.58. The molecule has 1 aliphatic rings. The lowest BCUT2D eigenvalue weighted by Crippen LogP contribution is -2.37. The Morgan fingerprint density at radius 2 is 2.26 bits per heavy atom. The molecule has 1 unspecified atom stereocenters. The van der Waals surface area contributed by atoms with Crippen LogP contribution in [0.15, 0.2) is 6.33 Å². The fourth-order valence-electron chi connectivity index (χ4n) is 2.89. The van der Waals surface area contributed by atoms with Crippen LogP contribution >= 0.6 is 0 Å². The second-order valence-electron chi connectivity index (χ2n) is 5.29. The lowest BCUT2D eigenvalue weighted by molar-refractivity contribution is 0.314. The zero-order chi connectivity index (χ0) is 13.8. The summed E-state index contributed by atoms with van der Waals surface area (Å²) in [7, 11) is 6.26. The number of hydrogen-bond acceptors (Lipinski definition) is 5. The predicted molar refractivity (Wildman–Crippen MR) is 79.9 cm³/mol. The number of likely N-dealkylation sites (N-methyl/N-ethyl adjacent to an activating group) is 2. The molecule has 2 heterocycles. The Morgan fingerprint density at radius 3 is 2.84 bits per heavy atom. The molecule has 5 heteroatoms. The largest absolute Gasteiger partial charge is 0.373 e. The zero-order valence-electron chi connectivity index (χ0n) is 12.5. The second kappa shape index (κ2) is 6.19. The maximum atomic E-state index is 4.48. The number of anilines is 2. The Balaban J connectivity index is 2.16. The summed E-state index contributed by atoms with van der Waals surface area (Å²) in [6.45, 7) is 4.40. The van der Waals surface area contributed by atoms with Crippen molar-refractivity contribution < 1.29 is 0 Å². The first kappa shape index (κ1) is 14.1. The number of likely N-dealkylation sites (tertiary alicyclic amines) is 1. The summed E-state index contributed by atoms with van der Waals surface area (Å²) in [6.07, 6.45) is 5.18. The molecular formula is C14H25N5. The predicted octanol–water partition coefficient (Wildman–Crippen LogP) is 1.61. The molecule has 0 aromatic carbocycles. The highest BCUT2D eigenvalue weighted by atomic mass is 15.2. The number of hydrogen-bond donors (Lipinski definition) is 1. The van der Waals surface area contributed by atoms with Gasteiger partial charge in [-0.25, -0.2) is 9.97 Å². The number of nitrogens with one attached hydrogen (secondary N) is 1. The van der Waals surface area contributed by atoms with E-state index in [4.69, 9.17) is 0 Å². The normalized spacial score (nSPS) is 19.7. The van der Waals surface area contributed by atoms with E-state index >= 15 is 0 Å². The first-order valence-electron chi connectivity index (χ1n) is 7.10. The fourth-order valence-corrected chi connectivity index (χ4v) is 2.89. The smallest absolute Gasteiger partial charge is 0.137 e. The van der Waals surface area contributed by atoms with E-state index in [1.807, 2.05) is 7.05 Å². The van der Waals surface area contributed by atoms with Crippen LogP contribution in [0.4, 0.5) is 11.6 Å². The summed E-state index contributed by atoms with van der Waals surface area (Å²) in [4.78, 5) is 13.5. The van der Waals surface area contributed by atoms with Gasteiger partial charge in [0.05, 0.1) is 0 Å². The Hall–Kier alpha value is -1.36. The lowest BCUT2D eigenvalue weighted by atomic mass is 10.1. The third kappa shape index (κ3) is 2.97. The molecule has 2 rings (SSSR count). The quantitative estimate of drug-likeness (QED) is 0.874. The summed E-state index contributed by atoms with van der Waals surface area (Å²) in [6, 6.07) is 0.641. The number of aromatic nitrogens is 2. The van der Waals surface area contributed by atoms with E-state index < -0.39 is 0 Å². The molecule has 1 aromatic heterocycles. The van der Waals surface area contributed by atoms with Crippen molar-refractivity contribution in [3.63, 3.8) is 0 Å². The van der Waals surface area contributed by atoms with Gasteiger partial charge >= 0.3 is 0 Å². The van der Waals surface area contributed by atoms with E-state index in [0.717, 1.165) is 24.6 Å². The SMILES string of the molecule is CCc1c(NC)ncnc1N(C)CC1CCCN1C. The molecule has 1 aliphatic heterocycles. The van der Waals surface area contributed by atoms with E-state index in [1.165, 1.54) is 24.9 Å². The van der Waals surface area contributed by atoms with Crippen LogP contribution in [0.3, 0.4) is 0 Å². The van der Waals surface area contributed by atoms with Gasteiger partial charge in [-0.3, -0.25) is 0 Å². The average Bonchev–Trinajstić information content (AvgIpc) is 2.83. The Bertz CT molecular complexity index is 420. The average molecular weight is 263 g/mol. The van der Waals surface area contributed by atoms with Gasteiger partial charge in [0.15, 0.2) is 0 Å². The van der Waals surface area contributed by atoms with Gasteiger partial charge in [0.25, 0.3) is 0 Å². The van der Waals surface area contributed by atoms with Crippen LogP contribution in [-0.4, -0.2) is 55.1 Å². The molecule has 1 atom stereocenters. The van der Waals surface area contributed by atoms with E-state index in [0.29, 0.717) is 6.04 Å². The van der Waals surface area contributed by atoms with Gasteiger partial charge < -0.3 is 15.1 Å². The molecule has 1 saturated heterocycles. The van der Waals surface area contributed by atoms with Crippen molar-refractivity contribution in [1.82, 2.24) is 14.9 Å². The van der Waals surface area contributed by atoms with Crippen molar-refractivity contribution in [2.75, 3.05) is 44.4 Å². The fraction of sp³-hybridized carbons (Fsp3) is 0.714. The monoisotopic (exact) mass is 263 g/mol.